The number of halogens is 2. The first kappa shape index (κ1) is 25.4. The van der Waals surface area contributed by atoms with Crippen molar-refractivity contribution in [2.45, 2.75) is 6.92 Å². The number of hydrogen-bond donors (Lipinski definition) is 1. The average Bonchev–Trinajstić information content (AvgIpc) is 2.84. The first-order valence-electron chi connectivity index (χ1n) is 10.2. The molecule has 0 unspecified atom stereocenters. The van der Waals surface area contributed by atoms with Gasteiger partial charge in [-0.25, -0.2) is 0 Å². The number of allylic oxidation sites excluding steroid dienone is 1. The van der Waals surface area contributed by atoms with Gasteiger partial charge in [0.25, 0.3) is 5.91 Å². The Labute approximate surface area is 217 Å². The molecule has 0 bridgehead atoms. The number of carbonyl (C=O) groups is 1. The van der Waals surface area contributed by atoms with Crippen molar-refractivity contribution in [3.05, 3.63) is 79.9 Å². The smallest absolute Gasteiger partial charge is 0.262 e. The van der Waals surface area contributed by atoms with Gasteiger partial charge in [0.1, 0.15) is 5.75 Å². The van der Waals surface area contributed by atoms with E-state index in [1.54, 1.807) is 43.5 Å². The minimum Gasteiger partial charge on any atom is -0.497 e. The topological polar surface area (TPSA) is 80.6 Å². The summed E-state index contributed by atoms with van der Waals surface area (Å²) in [4.78, 5) is 12.4. The SMILES string of the molecule is COc1ccc(/C(C#N)=C/c2cc(I)c(OCC(=O)Nc3ccc(C)c(Cl)c3)c(OC)c2)cc1. The molecule has 0 radical (unpaired) electrons. The van der Waals surface area contributed by atoms with Gasteiger partial charge in [0.2, 0.25) is 0 Å². The fraction of sp³-hybridized carbons (Fsp3) is 0.154. The van der Waals surface area contributed by atoms with Crippen LogP contribution >= 0.6 is 34.2 Å². The maximum Gasteiger partial charge on any atom is 0.262 e. The van der Waals surface area contributed by atoms with Crippen molar-refractivity contribution in [1.82, 2.24) is 0 Å². The van der Waals surface area contributed by atoms with Crippen LogP contribution in [0.1, 0.15) is 16.7 Å². The second-order valence-electron chi connectivity index (χ2n) is 7.23. The Hall–Kier alpha value is -3.22. The molecule has 0 saturated carbocycles. The number of rotatable bonds is 8. The zero-order valence-corrected chi connectivity index (χ0v) is 21.7. The zero-order valence-electron chi connectivity index (χ0n) is 18.8. The Kier molecular flexibility index (Phi) is 8.79. The number of hydrogen-bond acceptors (Lipinski definition) is 5. The summed E-state index contributed by atoms with van der Waals surface area (Å²) < 4.78 is 17.2. The van der Waals surface area contributed by atoms with Gasteiger partial charge in [-0.2, -0.15) is 5.26 Å². The third-order valence-corrected chi connectivity index (χ3v) is 6.10. The minimum atomic E-state index is -0.326. The summed E-state index contributed by atoms with van der Waals surface area (Å²) in [7, 11) is 3.12. The summed E-state index contributed by atoms with van der Waals surface area (Å²) in [5.74, 6) is 1.29. The van der Waals surface area contributed by atoms with Crippen LogP contribution in [-0.4, -0.2) is 26.7 Å². The lowest BCUT2D eigenvalue weighted by molar-refractivity contribution is -0.118. The van der Waals surface area contributed by atoms with Crippen LogP contribution in [0.4, 0.5) is 5.69 Å². The van der Waals surface area contributed by atoms with Crippen LogP contribution < -0.4 is 19.5 Å². The molecule has 0 heterocycles. The van der Waals surface area contributed by atoms with Crippen LogP contribution in [0.25, 0.3) is 11.6 Å². The molecule has 0 aliphatic carbocycles. The third-order valence-electron chi connectivity index (χ3n) is 4.89. The lowest BCUT2D eigenvalue weighted by Crippen LogP contribution is -2.20. The molecule has 0 spiro atoms. The van der Waals surface area contributed by atoms with Gasteiger partial charge in [-0.1, -0.05) is 17.7 Å². The van der Waals surface area contributed by atoms with E-state index >= 15 is 0 Å². The Morgan fingerprint density at radius 2 is 1.85 bits per heavy atom. The normalized spacial score (nSPS) is 10.9. The van der Waals surface area contributed by atoms with Gasteiger partial charge >= 0.3 is 0 Å². The van der Waals surface area contributed by atoms with E-state index in [1.807, 2.05) is 31.2 Å². The van der Waals surface area contributed by atoms with E-state index in [0.717, 1.165) is 20.3 Å². The van der Waals surface area contributed by atoms with Crippen LogP contribution in [0.5, 0.6) is 17.2 Å². The summed E-state index contributed by atoms with van der Waals surface area (Å²) in [5, 5.41) is 13.0. The molecule has 0 aliphatic rings. The lowest BCUT2D eigenvalue weighted by Gasteiger charge is -2.14. The summed E-state index contributed by atoms with van der Waals surface area (Å²) in [6.45, 7) is 1.68. The number of aryl methyl sites for hydroxylation is 1. The number of anilines is 1. The molecule has 3 rings (SSSR count). The highest BCUT2D eigenvalue weighted by molar-refractivity contribution is 14.1. The Morgan fingerprint density at radius 3 is 2.47 bits per heavy atom. The highest BCUT2D eigenvalue weighted by Crippen LogP contribution is 2.35. The molecule has 1 N–H and O–H groups in total. The van der Waals surface area contributed by atoms with E-state index < -0.39 is 0 Å². The zero-order chi connectivity index (χ0) is 24.7. The molecule has 3 aromatic carbocycles. The Bertz CT molecular complexity index is 1270. The Morgan fingerprint density at radius 1 is 1.12 bits per heavy atom. The van der Waals surface area contributed by atoms with E-state index in [4.69, 9.17) is 25.8 Å². The number of nitrogens with one attached hydrogen (secondary N) is 1. The monoisotopic (exact) mass is 588 g/mol. The summed E-state index contributed by atoms with van der Waals surface area (Å²) >= 11 is 8.23. The molecule has 34 heavy (non-hydrogen) atoms. The van der Waals surface area contributed by atoms with Gasteiger partial charge in [-0.15, -0.1) is 0 Å². The first-order valence-corrected chi connectivity index (χ1v) is 11.6. The summed E-state index contributed by atoms with van der Waals surface area (Å²) in [6.07, 6.45) is 1.77. The number of carbonyl (C=O) groups excluding carboxylic acids is 1. The number of benzene rings is 3. The predicted octanol–water partition coefficient (Wildman–Crippen LogP) is 6.35. The fourth-order valence-electron chi connectivity index (χ4n) is 3.09. The van der Waals surface area contributed by atoms with Crippen LogP contribution in [0, 0.1) is 21.8 Å². The summed E-state index contributed by atoms with van der Waals surface area (Å²) in [5.41, 5.74) is 3.54. The molecule has 0 aromatic heterocycles. The fourth-order valence-corrected chi connectivity index (χ4v) is 4.05. The molecule has 0 fully saturated rings. The molecule has 174 valence electrons. The van der Waals surface area contributed by atoms with E-state index in [1.165, 1.54) is 7.11 Å². The van der Waals surface area contributed by atoms with Gasteiger partial charge in [-0.05, 0) is 101 Å². The van der Waals surface area contributed by atoms with Crippen molar-refractivity contribution in [2.24, 2.45) is 0 Å². The third kappa shape index (κ3) is 6.43. The molecule has 1 amide bonds. The molecule has 0 atom stereocenters. The predicted molar refractivity (Wildman–Crippen MR) is 143 cm³/mol. The van der Waals surface area contributed by atoms with Crippen LogP contribution in [-0.2, 0) is 4.79 Å². The van der Waals surface area contributed by atoms with E-state index in [0.29, 0.717) is 33.5 Å². The van der Waals surface area contributed by atoms with Crippen molar-refractivity contribution in [1.29, 1.82) is 5.26 Å². The maximum absolute atomic E-state index is 12.4. The first-order chi connectivity index (χ1) is 16.3. The largest absolute Gasteiger partial charge is 0.497 e. The molecule has 8 heteroatoms. The molecular weight excluding hydrogens is 567 g/mol. The van der Waals surface area contributed by atoms with Crippen LogP contribution in [0.15, 0.2) is 54.6 Å². The summed E-state index contributed by atoms with van der Waals surface area (Å²) in [6, 6.07) is 18.4. The lowest BCUT2D eigenvalue weighted by atomic mass is 10.0. The molecular formula is C26H22ClIN2O4. The molecule has 6 nitrogen and oxygen atoms in total. The second-order valence-corrected chi connectivity index (χ2v) is 8.80. The molecule has 0 saturated heterocycles. The van der Waals surface area contributed by atoms with Crippen molar-refractivity contribution in [2.75, 3.05) is 26.1 Å². The van der Waals surface area contributed by atoms with Gasteiger partial charge in [-0.3, -0.25) is 4.79 Å². The average molecular weight is 589 g/mol. The number of amides is 1. The minimum absolute atomic E-state index is 0.206. The van der Waals surface area contributed by atoms with Crippen molar-refractivity contribution in [3.8, 4) is 23.3 Å². The van der Waals surface area contributed by atoms with Crippen molar-refractivity contribution >= 4 is 57.4 Å². The number of nitriles is 1. The van der Waals surface area contributed by atoms with Gasteiger partial charge < -0.3 is 19.5 Å². The number of nitrogens with zero attached hydrogens (tertiary/aromatic N) is 1. The van der Waals surface area contributed by atoms with Crippen LogP contribution in [0.3, 0.4) is 0 Å². The highest BCUT2D eigenvalue weighted by atomic mass is 127. The van der Waals surface area contributed by atoms with E-state index in [9.17, 15) is 10.1 Å². The number of methoxy groups -OCH3 is 2. The van der Waals surface area contributed by atoms with Gasteiger partial charge in [0.15, 0.2) is 18.1 Å². The van der Waals surface area contributed by atoms with Gasteiger partial charge in [0.05, 0.1) is 29.4 Å². The van der Waals surface area contributed by atoms with E-state index in [-0.39, 0.29) is 12.5 Å². The molecule has 3 aromatic rings. The van der Waals surface area contributed by atoms with Crippen LogP contribution in [0.2, 0.25) is 5.02 Å². The maximum atomic E-state index is 12.4. The van der Waals surface area contributed by atoms with E-state index in [2.05, 4.69) is 34.0 Å². The van der Waals surface area contributed by atoms with Gasteiger partial charge in [0, 0.05) is 10.7 Å². The standard InChI is InChI=1S/C26H22ClIN2O4/c1-16-4-7-20(13-22(16)27)30-25(31)15-34-26-23(28)11-17(12-24(26)33-3)10-19(14-29)18-5-8-21(32-2)9-6-18/h4-13H,15H2,1-3H3,(H,30,31)/b19-10+. The highest BCUT2D eigenvalue weighted by Gasteiger charge is 2.14. The Balaban J connectivity index is 1.77. The quantitative estimate of drug-likeness (QED) is 0.188. The number of ether oxygens (including phenoxy) is 3. The molecule has 0 aliphatic heterocycles. The second kappa shape index (κ2) is 11.8. The van der Waals surface area contributed by atoms with Crippen molar-refractivity contribution < 1.29 is 19.0 Å². The van der Waals surface area contributed by atoms with Crippen molar-refractivity contribution in [3.63, 3.8) is 0 Å².